The Morgan fingerprint density at radius 1 is 1.04 bits per heavy atom. The van der Waals surface area contributed by atoms with E-state index < -0.39 is 0 Å². The Labute approximate surface area is 143 Å². The van der Waals surface area contributed by atoms with E-state index in [1.54, 1.807) is 11.8 Å². The van der Waals surface area contributed by atoms with Crippen molar-refractivity contribution in [3.8, 4) is 0 Å². The van der Waals surface area contributed by atoms with Crippen molar-refractivity contribution in [2.45, 2.75) is 17.9 Å². The molecule has 2 aromatic heterocycles. The molecule has 2 heterocycles. The highest BCUT2D eigenvalue weighted by atomic mass is 32.2. The van der Waals surface area contributed by atoms with Crippen molar-refractivity contribution in [2.75, 3.05) is 5.75 Å². The summed E-state index contributed by atoms with van der Waals surface area (Å²) in [5.74, 6) is 0.946. The molecule has 0 fully saturated rings. The first kappa shape index (κ1) is 15.0. The topological polar surface area (TPSA) is 50.7 Å². The van der Waals surface area contributed by atoms with Gasteiger partial charge >= 0.3 is 5.69 Å². The van der Waals surface area contributed by atoms with Gasteiger partial charge in [-0.25, -0.2) is 4.79 Å². The van der Waals surface area contributed by atoms with Crippen LogP contribution in [0.1, 0.15) is 6.42 Å². The molecule has 1 N–H and O–H groups in total. The molecule has 5 heteroatoms. The molecule has 24 heavy (non-hydrogen) atoms. The van der Waals surface area contributed by atoms with Crippen molar-refractivity contribution < 1.29 is 0 Å². The number of aromatic nitrogens is 3. The molecule has 4 nitrogen and oxygen atoms in total. The van der Waals surface area contributed by atoms with Gasteiger partial charge in [-0.15, -0.1) is 11.8 Å². The fourth-order valence-corrected chi connectivity index (χ4v) is 3.90. The Morgan fingerprint density at radius 2 is 1.92 bits per heavy atom. The van der Waals surface area contributed by atoms with Crippen LogP contribution in [0.4, 0.5) is 0 Å². The summed E-state index contributed by atoms with van der Waals surface area (Å²) in [4.78, 5) is 20.6. The predicted octanol–water partition coefficient (Wildman–Crippen LogP) is 4.06. The van der Waals surface area contributed by atoms with Gasteiger partial charge in [-0.05, 0) is 36.4 Å². The SMILES string of the molecule is O=c1[nH]c2ccccc2n1CCCSc1cccc2cccnc12. The third-order valence-electron chi connectivity index (χ3n) is 4.06. The largest absolute Gasteiger partial charge is 0.326 e. The number of aromatic amines is 1. The molecule has 0 bridgehead atoms. The molecular formula is C19H17N3OS. The number of rotatable bonds is 5. The monoisotopic (exact) mass is 335 g/mol. The molecule has 2 aromatic carbocycles. The lowest BCUT2D eigenvalue weighted by Gasteiger charge is -2.06. The highest BCUT2D eigenvalue weighted by Gasteiger charge is 2.06. The number of benzene rings is 2. The lowest BCUT2D eigenvalue weighted by atomic mass is 10.2. The van der Waals surface area contributed by atoms with E-state index in [1.807, 2.05) is 41.1 Å². The van der Waals surface area contributed by atoms with Crippen molar-refractivity contribution in [1.82, 2.24) is 14.5 Å². The second kappa shape index (κ2) is 6.53. The fraction of sp³-hybridized carbons (Fsp3) is 0.158. The minimum absolute atomic E-state index is 0.0342. The van der Waals surface area contributed by atoms with Gasteiger partial charge in [0, 0.05) is 23.0 Å². The summed E-state index contributed by atoms with van der Waals surface area (Å²) < 4.78 is 1.82. The number of fused-ring (bicyclic) bond motifs is 2. The Hall–Kier alpha value is -2.53. The molecule has 0 aliphatic carbocycles. The number of nitrogens with zero attached hydrogens (tertiary/aromatic N) is 2. The molecule has 4 aromatic rings. The lowest BCUT2D eigenvalue weighted by Crippen LogP contribution is -2.17. The minimum atomic E-state index is -0.0342. The van der Waals surface area contributed by atoms with Crippen LogP contribution in [0.15, 0.2) is 70.5 Å². The summed E-state index contributed by atoms with van der Waals surface area (Å²) in [5, 5.41) is 1.16. The van der Waals surface area contributed by atoms with E-state index >= 15 is 0 Å². The van der Waals surface area contributed by atoms with Crippen molar-refractivity contribution >= 4 is 33.7 Å². The molecular weight excluding hydrogens is 318 g/mol. The summed E-state index contributed by atoms with van der Waals surface area (Å²) in [6, 6.07) is 18.1. The van der Waals surface area contributed by atoms with Crippen LogP contribution in [0.25, 0.3) is 21.9 Å². The van der Waals surface area contributed by atoms with E-state index in [0.29, 0.717) is 6.54 Å². The molecule has 0 amide bonds. The van der Waals surface area contributed by atoms with Gasteiger partial charge in [0.2, 0.25) is 0 Å². The fourth-order valence-electron chi connectivity index (χ4n) is 2.93. The molecule has 0 unspecified atom stereocenters. The zero-order valence-electron chi connectivity index (χ0n) is 13.1. The third-order valence-corrected chi connectivity index (χ3v) is 5.19. The summed E-state index contributed by atoms with van der Waals surface area (Å²) in [6.07, 6.45) is 2.76. The minimum Gasteiger partial charge on any atom is -0.306 e. The number of imidazole rings is 1. The van der Waals surface area contributed by atoms with Gasteiger partial charge in [-0.1, -0.05) is 30.3 Å². The highest BCUT2D eigenvalue weighted by Crippen LogP contribution is 2.26. The molecule has 0 saturated heterocycles. The number of hydrogen-bond donors (Lipinski definition) is 1. The number of pyridine rings is 1. The van der Waals surface area contributed by atoms with Crippen molar-refractivity contribution in [1.29, 1.82) is 0 Å². The molecule has 0 aliphatic heterocycles. The maximum Gasteiger partial charge on any atom is 0.326 e. The van der Waals surface area contributed by atoms with Crippen LogP contribution in [0.3, 0.4) is 0 Å². The number of H-pyrrole nitrogens is 1. The van der Waals surface area contributed by atoms with E-state index in [4.69, 9.17) is 0 Å². The van der Waals surface area contributed by atoms with Crippen molar-refractivity contribution in [3.05, 3.63) is 71.3 Å². The average molecular weight is 335 g/mol. The summed E-state index contributed by atoms with van der Waals surface area (Å²) in [5.41, 5.74) is 2.88. The smallest absolute Gasteiger partial charge is 0.306 e. The first-order chi connectivity index (χ1) is 11.8. The summed E-state index contributed by atoms with van der Waals surface area (Å²) in [6.45, 7) is 0.716. The van der Waals surface area contributed by atoms with E-state index in [-0.39, 0.29) is 5.69 Å². The number of para-hydroxylation sites is 3. The molecule has 120 valence electrons. The quantitative estimate of drug-likeness (QED) is 0.442. The average Bonchev–Trinajstić information content (AvgIpc) is 2.94. The normalized spacial score (nSPS) is 11.3. The van der Waals surface area contributed by atoms with E-state index in [1.165, 1.54) is 4.90 Å². The summed E-state index contributed by atoms with van der Waals surface area (Å²) >= 11 is 1.79. The van der Waals surface area contributed by atoms with Gasteiger partial charge in [0.15, 0.2) is 0 Å². The third kappa shape index (κ3) is 2.83. The van der Waals surface area contributed by atoms with Gasteiger partial charge in [0.25, 0.3) is 0 Å². The Morgan fingerprint density at radius 3 is 2.88 bits per heavy atom. The zero-order chi connectivity index (χ0) is 16.4. The number of thioether (sulfide) groups is 1. The second-order valence-corrected chi connectivity index (χ2v) is 6.77. The highest BCUT2D eigenvalue weighted by molar-refractivity contribution is 7.99. The Balaban J connectivity index is 1.46. The van der Waals surface area contributed by atoms with E-state index in [2.05, 4.69) is 34.2 Å². The molecule has 0 spiro atoms. The van der Waals surface area contributed by atoms with E-state index in [9.17, 15) is 4.79 Å². The Kier molecular flexibility index (Phi) is 4.09. The van der Waals surface area contributed by atoms with Crippen LogP contribution in [0.2, 0.25) is 0 Å². The molecule has 0 radical (unpaired) electrons. The van der Waals surface area contributed by atoms with Crippen LogP contribution in [0.5, 0.6) is 0 Å². The molecule has 0 saturated carbocycles. The van der Waals surface area contributed by atoms with Gasteiger partial charge in [-0.2, -0.15) is 0 Å². The zero-order valence-corrected chi connectivity index (χ0v) is 13.9. The number of hydrogen-bond acceptors (Lipinski definition) is 3. The predicted molar refractivity (Wildman–Crippen MR) is 99.6 cm³/mol. The Bertz CT molecular complexity index is 1050. The van der Waals surface area contributed by atoms with Gasteiger partial charge in [-0.3, -0.25) is 9.55 Å². The number of nitrogens with one attached hydrogen (secondary N) is 1. The van der Waals surface area contributed by atoms with E-state index in [0.717, 1.165) is 34.1 Å². The summed E-state index contributed by atoms with van der Waals surface area (Å²) in [7, 11) is 0. The van der Waals surface area contributed by atoms with Gasteiger partial charge in [0.1, 0.15) is 0 Å². The van der Waals surface area contributed by atoms with Crippen LogP contribution < -0.4 is 5.69 Å². The number of aryl methyl sites for hydroxylation is 1. The maximum atomic E-state index is 12.1. The molecule has 0 aliphatic rings. The van der Waals surface area contributed by atoms with Gasteiger partial charge in [0.05, 0.1) is 16.6 Å². The van der Waals surface area contributed by atoms with Gasteiger partial charge < -0.3 is 4.98 Å². The van der Waals surface area contributed by atoms with Crippen molar-refractivity contribution in [2.24, 2.45) is 0 Å². The molecule has 0 atom stereocenters. The maximum absolute atomic E-state index is 12.1. The molecule has 4 rings (SSSR count). The first-order valence-corrected chi connectivity index (χ1v) is 8.95. The van der Waals surface area contributed by atoms with Crippen LogP contribution in [-0.2, 0) is 6.54 Å². The lowest BCUT2D eigenvalue weighted by molar-refractivity contribution is 0.679. The standard InChI is InChI=1S/C19H17N3OS/c23-19-21-15-8-1-2-9-16(15)22(19)12-5-13-24-17-10-3-6-14-7-4-11-20-18(14)17/h1-4,6-11H,5,12-13H2,(H,21,23). The first-order valence-electron chi connectivity index (χ1n) is 7.97. The van der Waals surface area contributed by atoms with Crippen LogP contribution in [-0.4, -0.2) is 20.3 Å². The second-order valence-electron chi connectivity index (χ2n) is 5.63. The van der Waals surface area contributed by atoms with Crippen molar-refractivity contribution in [3.63, 3.8) is 0 Å². The van der Waals surface area contributed by atoms with Crippen LogP contribution >= 0.6 is 11.8 Å². The van der Waals surface area contributed by atoms with Crippen LogP contribution in [0, 0.1) is 0 Å².